The Morgan fingerprint density at radius 2 is 2.08 bits per heavy atom. The van der Waals surface area contributed by atoms with Gasteiger partial charge in [0.05, 0.1) is 17.8 Å². The van der Waals surface area contributed by atoms with Crippen LogP contribution < -0.4 is 10.1 Å². The third-order valence-corrected chi connectivity index (χ3v) is 4.67. The van der Waals surface area contributed by atoms with E-state index in [4.69, 9.17) is 9.26 Å². The number of aromatic nitrogens is 1. The highest BCUT2D eigenvalue weighted by Crippen LogP contribution is 2.39. The number of nitrogens with zero attached hydrogens (tertiary/aromatic N) is 1. The van der Waals surface area contributed by atoms with Gasteiger partial charge in [-0.3, -0.25) is 4.79 Å². The van der Waals surface area contributed by atoms with E-state index in [1.807, 2.05) is 13.0 Å². The van der Waals surface area contributed by atoms with Gasteiger partial charge in [-0.1, -0.05) is 30.6 Å². The molecule has 1 aliphatic rings. The lowest BCUT2D eigenvalue weighted by Gasteiger charge is -2.34. The van der Waals surface area contributed by atoms with Crippen LogP contribution in [0.4, 0.5) is 0 Å². The third-order valence-electron chi connectivity index (χ3n) is 4.67. The summed E-state index contributed by atoms with van der Waals surface area (Å²) in [6.07, 6.45) is 4.38. The molecule has 1 atom stereocenters. The van der Waals surface area contributed by atoms with Gasteiger partial charge in [-0.05, 0) is 43.9 Å². The van der Waals surface area contributed by atoms with Crippen molar-refractivity contribution in [2.75, 3.05) is 0 Å². The summed E-state index contributed by atoms with van der Waals surface area (Å²) < 4.78 is 11.4. The molecule has 0 spiro atoms. The summed E-state index contributed by atoms with van der Waals surface area (Å²) in [5, 5.41) is 6.96. The zero-order valence-corrected chi connectivity index (χ0v) is 15.1. The van der Waals surface area contributed by atoms with Gasteiger partial charge >= 0.3 is 0 Å². The Morgan fingerprint density at radius 1 is 1.36 bits per heavy atom. The van der Waals surface area contributed by atoms with Crippen LogP contribution in [0.2, 0.25) is 0 Å². The Labute approximate surface area is 148 Å². The molecule has 134 valence electrons. The molecule has 1 fully saturated rings. The molecule has 1 heterocycles. The second-order valence-electron chi connectivity index (χ2n) is 6.88. The van der Waals surface area contributed by atoms with E-state index < -0.39 is 0 Å². The van der Waals surface area contributed by atoms with Gasteiger partial charge in [-0.15, -0.1) is 0 Å². The molecule has 0 saturated heterocycles. The lowest BCUT2D eigenvalue weighted by Crippen LogP contribution is -2.32. The largest absolute Gasteiger partial charge is 0.490 e. The Balaban J connectivity index is 1.49. The summed E-state index contributed by atoms with van der Waals surface area (Å²) >= 11 is 0. The minimum Gasteiger partial charge on any atom is -0.490 e. The smallest absolute Gasteiger partial charge is 0.217 e. The van der Waals surface area contributed by atoms with E-state index in [-0.39, 0.29) is 18.1 Å². The molecule has 0 bridgehead atoms. The van der Waals surface area contributed by atoms with Crippen molar-refractivity contribution < 1.29 is 14.1 Å². The van der Waals surface area contributed by atoms with E-state index in [0.717, 1.165) is 37.1 Å². The Bertz CT molecular complexity index is 702. The highest BCUT2D eigenvalue weighted by Gasteiger charge is 2.34. The van der Waals surface area contributed by atoms with Crippen LogP contribution in [-0.4, -0.2) is 17.2 Å². The van der Waals surface area contributed by atoms with Crippen LogP contribution in [0, 0.1) is 0 Å². The number of benzene rings is 1. The molecule has 1 saturated carbocycles. The van der Waals surface area contributed by atoms with Gasteiger partial charge in [0, 0.05) is 18.9 Å². The van der Waals surface area contributed by atoms with Crippen molar-refractivity contribution in [2.24, 2.45) is 0 Å². The van der Waals surface area contributed by atoms with Crippen molar-refractivity contribution in [1.82, 2.24) is 10.5 Å². The number of hydrogen-bond acceptors (Lipinski definition) is 4. The first kappa shape index (κ1) is 17.5. The van der Waals surface area contributed by atoms with Crippen LogP contribution in [0.5, 0.6) is 5.75 Å². The summed E-state index contributed by atoms with van der Waals surface area (Å²) in [6, 6.07) is 10.2. The molecule has 25 heavy (non-hydrogen) atoms. The molecule has 1 amide bonds. The number of aryl methyl sites for hydroxylation is 1. The number of amides is 1. The number of nitrogens with one attached hydrogen (secondary N) is 1. The van der Waals surface area contributed by atoms with Gasteiger partial charge in [-0.2, -0.15) is 0 Å². The number of ether oxygens (including phenoxy) is 1. The molecule has 0 aliphatic heterocycles. The molecule has 0 unspecified atom stereocenters. The number of carbonyl (C=O) groups is 1. The summed E-state index contributed by atoms with van der Waals surface area (Å²) in [5.41, 5.74) is 2.30. The van der Waals surface area contributed by atoms with Crippen LogP contribution >= 0.6 is 0 Å². The normalized spacial score (nSPS) is 20.6. The molecular formula is C20H26N2O3. The summed E-state index contributed by atoms with van der Waals surface area (Å²) in [7, 11) is 0. The van der Waals surface area contributed by atoms with Gasteiger partial charge in [0.25, 0.3) is 0 Å². The zero-order chi connectivity index (χ0) is 17.8. The van der Waals surface area contributed by atoms with Crippen molar-refractivity contribution in [1.29, 1.82) is 0 Å². The van der Waals surface area contributed by atoms with Gasteiger partial charge < -0.3 is 14.6 Å². The van der Waals surface area contributed by atoms with Crippen LogP contribution in [0.1, 0.15) is 69.0 Å². The molecule has 0 radical (unpaired) electrons. The lowest BCUT2D eigenvalue weighted by molar-refractivity contribution is -0.119. The summed E-state index contributed by atoms with van der Waals surface area (Å²) in [4.78, 5) is 11.1. The highest BCUT2D eigenvalue weighted by atomic mass is 16.5. The molecule has 2 aromatic rings. The standard InChI is InChI=1S/C20H26N2O3/c1-4-5-15-6-8-17(9-7-15)24-18-10-16(11-18)19-12-20(25-22-19)13(2)21-14(3)23/h6-9,12-13,16,18H,4-5,10-11H2,1-3H3,(H,21,23)/t13-,16?,18?/m0/s1. The monoisotopic (exact) mass is 342 g/mol. The SMILES string of the molecule is CCCc1ccc(OC2CC(c3cc([C@H](C)NC(C)=O)on3)C2)cc1. The zero-order valence-electron chi connectivity index (χ0n) is 15.1. The first-order chi connectivity index (χ1) is 12.0. The molecule has 3 rings (SSSR count). The van der Waals surface area contributed by atoms with Crippen molar-refractivity contribution >= 4 is 5.91 Å². The molecule has 1 aromatic carbocycles. The summed E-state index contributed by atoms with van der Waals surface area (Å²) in [6.45, 7) is 5.57. The van der Waals surface area contributed by atoms with Crippen LogP contribution in [0.25, 0.3) is 0 Å². The maximum atomic E-state index is 11.1. The minimum atomic E-state index is -0.160. The fraction of sp³-hybridized carbons (Fsp3) is 0.500. The average Bonchev–Trinajstić information content (AvgIpc) is 3.01. The number of carbonyl (C=O) groups excluding carboxylic acids is 1. The Hall–Kier alpha value is -2.30. The second-order valence-corrected chi connectivity index (χ2v) is 6.88. The van der Waals surface area contributed by atoms with Crippen LogP contribution in [-0.2, 0) is 11.2 Å². The number of rotatable bonds is 7. The van der Waals surface area contributed by atoms with E-state index in [2.05, 4.69) is 41.7 Å². The van der Waals surface area contributed by atoms with E-state index in [1.165, 1.54) is 12.5 Å². The third kappa shape index (κ3) is 4.41. The average molecular weight is 342 g/mol. The predicted molar refractivity (Wildman–Crippen MR) is 95.6 cm³/mol. The van der Waals surface area contributed by atoms with E-state index in [9.17, 15) is 4.79 Å². The van der Waals surface area contributed by atoms with Crippen molar-refractivity contribution in [3.63, 3.8) is 0 Å². The van der Waals surface area contributed by atoms with E-state index in [1.54, 1.807) is 0 Å². The molecule has 1 aromatic heterocycles. The molecular weight excluding hydrogens is 316 g/mol. The number of hydrogen-bond donors (Lipinski definition) is 1. The second kappa shape index (κ2) is 7.72. The Kier molecular flexibility index (Phi) is 5.41. The summed E-state index contributed by atoms with van der Waals surface area (Å²) in [5.74, 6) is 1.92. The van der Waals surface area contributed by atoms with Crippen molar-refractivity contribution in [3.05, 3.63) is 47.3 Å². The molecule has 1 N–H and O–H groups in total. The van der Waals surface area contributed by atoms with Gasteiger partial charge in [0.2, 0.25) is 5.91 Å². The molecule has 5 heteroatoms. The minimum absolute atomic E-state index is 0.0764. The Morgan fingerprint density at radius 3 is 2.72 bits per heavy atom. The van der Waals surface area contributed by atoms with Gasteiger partial charge in [0.15, 0.2) is 5.76 Å². The highest BCUT2D eigenvalue weighted by molar-refractivity contribution is 5.73. The van der Waals surface area contributed by atoms with Crippen molar-refractivity contribution in [2.45, 2.75) is 64.5 Å². The van der Waals surface area contributed by atoms with E-state index in [0.29, 0.717) is 11.7 Å². The fourth-order valence-corrected chi connectivity index (χ4v) is 3.20. The van der Waals surface area contributed by atoms with Crippen LogP contribution in [0.15, 0.2) is 34.9 Å². The van der Waals surface area contributed by atoms with Gasteiger partial charge in [0.1, 0.15) is 5.75 Å². The topological polar surface area (TPSA) is 64.4 Å². The maximum absolute atomic E-state index is 11.1. The fourth-order valence-electron chi connectivity index (χ4n) is 3.20. The quantitative estimate of drug-likeness (QED) is 0.821. The van der Waals surface area contributed by atoms with Crippen LogP contribution in [0.3, 0.4) is 0 Å². The van der Waals surface area contributed by atoms with E-state index >= 15 is 0 Å². The molecule has 5 nitrogen and oxygen atoms in total. The first-order valence-corrected chi connectivity index (χ1v) is 9.04. The maximum Gasteiger partial charge on any atom is 0.217 e. The van der Waals surface area contributed by atoms with Gasteiger partial charge in [-0.25, -0.2) is 0 Å². The predicted octanol–water partition coefficient (Wildman–Crippen LogP) is 4.15. The van der Waals surface area contributed by atoms with Crippen molar-refractivity contribution in [3.8, 4) is 5.75 Å². The lowest BCUT2D eigenvalue weighted by atomic mass is 9.80. The molecule has 1 aliphatic carbocycles. The first-order valence-electron chi connectivity index (χ1n) is 9.04.